The zero-order valence-electron chi connectivity index (χ0n) is 11.2. The Morgan fingerprint density at radius 1 is 1.24 bits per heavy atom. The zero-order valence-corrected chi connectivity index (χ0v) is 12.0. The molecule has 108 valence electrons. The first-order valence-corrected chi connectivity index (χ1v) is 6.49. The molecule has 2 rings (SSSR count). The van der Waals surface area contributed by atoms with Crippen LogP contribution >= 0.6 is 12.2 Å². The minimum atomic E-state index is -0.540. The zero-order chi connectivity index (χ0) is 15.6. The van der Waals surface area contributed by atoms with Gasteiger partial charge in [-0.15, -0.1) is 0 Å². The van der Waals surface area contributed by atoms with Crippen molar-refractivity contribution in [1.82, 2.24) is 0 Å². The van der Waals surface area contributed by atoms with E-state index >= 15 is 0 Å². The van der Waals surface area contributed by atoms with Crippen LogP contribution in [-0.2, 0) is 0 Å². The number of phenolic OH excluding ortho intramolecular Hbond substituents is 1. The van der Waals surface area contributed by atoms with Gasteiger partial charge >= 0.3 is 0 Å². The molecule has 0 aliphatic carbocycles. The van der Waals surface area contributed by atoms with Crippen LogP contribution in [0.2, 0.25) is 0 Å². The topological polar surface area (TPSA) is 75.3 Å². The van der Waals surface area contributed by atoms with Crippen molar-refractivity contribution in [1.29, 1.82) is 0 Å². The molecule has 0 aliphatic rings. The van der Waals surface area contributed by atoms with E-state index in [1.807, 2.05) is 0 Å². The summed E-state index contributed by atoms with van der Waals surface area (Å²) < 4.78 is 13.5. The van der Waals surface area contributed by atoms with Crippen molar-refractivity contribution in [2.75, 3.05) is 5.32 Å². The van der Waals surface area contributed by atoms with Crippen LogP contribution < -0.4 is 11.1 Å². The van der Waals surface area contributed by atoms with E-state index in [1.165, 1.54) is 36.4 Å². The first-order chi connectivity index (χ1) is 9.88. The molecule has 0 radical (unpaired) electrons. The molecule has 0 spiro atoms. The summed E-state index contributed by atoms with van der Waals surface area (Å²) in [5, 5.41) is 12.0. The number of amides is 1. The molecule has 2 aromatic carbocycles. The highest BCUT2D eigenvalue weighted by molar-refractivity contribution is 7.80. The molecule has 1 amide bonds. The summed E-state index contributed by atoms with van der Waals surface area (Å²) in [7, 11) is 0. The number of benzene rings is 2. The molecule has 0 fully saturated rings. The van der Waals surface area contributed by atoms with Crippen LogP contribution in [0.15, 0.2) is 36.4 Å². The molecule has 0 heterocycles. The van der Waals surface area contributed by atoms with Gasteiger partial charge in [0.2, 0.25) is 0 Å². The number of rotatable bonds is 3. The molecule has 0 unspecified atom stereocenters. The van der Waals surface area contributed by atoms with Gasteiger partial charge in [-0.1, -0.05) is 12.2 Å². The van der Waals surface area contributed by atoms with Crippen molar-refractivity contribution in [2.24, 2.45) is 5.73 Å². The number of anilines is 1. The van der Waals surface area contributed by atoms with Crippen molar-refractivity contribution in [3.05, 3.63) is 58.9 Å². The quantitative estimate of drug-likeness (QED) is 0.762. The first kappa shape index (κ1) is 14.9. The number of aryl methyl sites for hydroxylation is 1. The largest absolute Gasteiger partial charge is 0.508 e. The Morgan fingerprint density at radius 3 is 2.57 bits per heavy atom. The molecule has 0 bridgehead atoms. The van der Waals surface area contributed by atoms with Crippen molar-refractivity contribution < 1.29 is 14.3 Å². The normalized spacial score (nSPS) is 10.2. The minimum Gasteiger partial charge on any atom is -0.508 e. The van der Waals surface area contributed by atoms with E-state index in [4.69, 9.17) is 18.0 Å². The third-order valence-electron chi connectivity index (χ3n) is 2.94. The standard InChI is InChI=1S/C15H13FN2O2S/c1-8-6-10(19)3-4-11(8)15(20)18-9-2-5-13(16)12(7-9)14(17)21/h2-7,19H,1H3,(H2,17,21)(H,18,20). The fourth-order valence-electron chi connectivity index (χ4n) is 1.89. The van der Waals surface area contributed by atoms with Gasteiger partial charge in [-0.25, -0.2) is 4.39 Å². The molecular weight excluding hydrogens is 291 g/mol. The predicted molar refractivity (Wildman–Crippen MR) is 83.1 cm³/mol. The van der Waals surface area contributed by atoms with E-state index < -0.39 is 5.82 Å². The monoisotopic (exact) mass is 304 g/mol. The summed E-state index contributed by atoms with van der Waals surface area (Å²) in [6.07, 6.45) is 0. The first-order valence-electron chi connectivity index (χ1n) is 6.09. The summed E-state index contributed by atoms with van der Waals surface area (Å²) in [5.74, 6) is -0.823. The summed E-state index contributed by atoms with van der Waals surface area (Å²) in [5.41, 5.74) is 6.92. The highest BCUT2D eigenvalue weighted by Gasteiger charge is 2.12. The average Bonchev–Trinajstić information content (AvgIpc) is 2.40. The lowest BCUT2D eigenvalue weighted by Crippen LogP contribution is -2.16. The molecule has 21 heavy (non-hydrogen) atoms. The van der Waals surface area contributed by atoms with E-state index in [0.717, 1.165) is 0 Å². The lowest BCUT2D eigenvalue weighted by atomic mass is 10.1. The lowest BCUT2D eigenvalue weighted by molar-refractivity contribution is 0.102. The third-order valence-corrected chi connectivity index (χ3v) is 3.16. The van der Waals surface area contributed by atoms with Crippen molar-refractivity contribution >= 4 is 28.8 Å². The highest BCUT2D eigenvalue weighted by Crippen LogP contribution is 2.19. The van der Waals surface area contributed by atoms with Gasteiger partial charge in [0.15, 0.2) is 0 Å². The lowest BCUT2D eigenvalue weighted by Gasteiger charge is -2.09. The van der Waals surface area contributed by atoms with E-state index in [1.54, 1.807) is 6.92 Å². The fourth-order valence-corrected chi connectivity index (χ4v) is 2.05. The number of aromatic hydroxyl groups is 1. The number of thiocarbonyl (C=S) groups is 1. The number of hydrogen-bond donors (Lipinski definition) is 3. The summed E-state index contributed by atoms with van der Waals surface area (Å²) in [6.45, 7) is 1.71. The van der Waals surface area contributed by atoms with Crippen molar-refractivity contribution in [3.63, 3.8) is 0 Å². The Bertz CT molecular complexity index is 732. The van der Waals surface area contributed by atoms with Crippen LogP contribution in [-0.4, -0.2) is 16.0 Å². The Balaban J connectivity index is 2.27. The van der Waals surface area contributed by atoms with E-state index in [0.29, 0.717) is 16.8 Å². The van der Waals surface area contributed by atoms with Gasteiger partial charge in [0.25, 0.3) is 5.91 Å². The molecule has 0 saturated heterocycles. The number of carbonyl (C=O) groups is 1. The van der Waals surface area contributed by atoms with Crippen molar-refractivity contribution in [2.45, 2.75) is 6.92 Å². The third kappa shape index (κ3) is 3.35. The second kappa shape index (κ2) is 5.88. The van der Waals surface area contributed by atoms with Crippen LogP contribution in [0, 0.1) is 12.7 Å². The van der Waals surface area contributed by atoms with Gasteiger partial charge < -0.3 is 16.2 Å². The molecule has 0 saturated carbocycles. The average molecular weight is 304 g/mol. The molecular formula is C15H13FN2O2S. The van der Waals surface area contributed by atoms with Gasteiger partial charge in [-0.2, -0.15) is 0 Å². The number of nitrogens with one attached hydrogen (secondary N) is 1. The number of halogens is 1. The predicted octanol–water partition coefficient (Wildman–Crippen LogP) is 2.73. The van der Waals surface area contributed by atoms with Gasteiger partial charge in [-0.05, 0) is 48.9 Å². The Morgan fingerprint density at radius 2 is 1.95 bits per heavy atom. The van der Waals surface area contributed by atoms with E-state index in [9.17, 15) is 14.3 Å². The fraction of sp³-hybridized carbons (Fsp3) is 0.0667. The SMILES string of the molecule is Cc1cc(O)ccc1C(=O)Nc1ccc(F)c(C(N)=S)c1. The molecule has 0 aromatic heterocycles. The van der Waals surface area contributed by atoms with Gasteiger partial charge in [-0.3, -0.25) is 4.79 Å². The van der Waals surface area contributed by atoms with E-state index in [2.05, 4.69) is 5.32 Å². The van der Waals surface area contributed by atoms with E-state index in [-0.39, 0.29) is 22.2 Å². The minimum absolute atomic E-state index is 0.0743. The van der Waals surface area contributed by atoms with Crippen LogP contribution in [0.1, 0.15) is 21.5 Å². The van der Waals surface area contributed by atoms with Crippen LogP contribution in [0.4, 0.5) is 10.1 Å². The molecule has 0 aliphatic heterocycles. The summed E-state index contributed by atoms with van der Waals surface area (Å²) in [6, 6.07) is 8.41. The smallest absolute Gasteiger partial charge is 0.255 e. The number of hydrogen-bond acceptors (Lipinski definition) is 3. The maximum Gasteiger partial charge on any atom is 0.255 e. The van der Waals surface area contributed by atoms with Gasteiger partial charge in [0.05, 0.1) is 0 Å². The molecule has 4 N–H and O–H groups in total. The summed E-state index contributed by atoms with van der Waals surface area (Å²) in [4.78, 5) is 12.1. The number of phenols is 1. The highest BCUT2D eigenvalue weighted by atomic mass is 32.1. The van der Waals surface area contributed by atoms with Gasteiger partial charge in [0.1, 0.15) is 16.6 Å². The number of carbonyl (C=O) groups excluding carboxylic acids is 1. The molecule has 4 nitrogen and oxygen atoms in total. The van der Waals surface area contributed by atoms with Crippen molar-refractivity contribution in [3.8, 4) is 5.75 Å². The molecule has 0 atom stereocenters. The number of nitrogens with two attached hydrogens (primary N) is 1. The Hall–Kier alpha value is -2.47. The van der Waals surface area contributed by atoms with Crippen LogP contribution in [0.5, 0.6) is 5.75 Å². The van der Waals surface area contributed by atoms with Gasteiger partial charge in [0, 0.05) is 16.8 Å². The Labute approximate surface area is 126 Å². The Kier molecular flexibility index (Phi) is 4.18. The van der Waals surface area contributed by atoms with Crippen LogP contribution in [0.3, 0.4) is 0 Å². The second-order valence-corrected chi connectivity index (χ2v) is 4.95. The van der Waals surface area contributed by atoms with Crippen LogP contribution in [0.25, 0.3) is 0 Å². The second-order valence-electron chi connectivity index (χ2n) is 4.51. The summed E-state index contributed by atoms with van der Waals surface area (Å²) >= 11 is 4.75. The molecule has 2 aromatic rings. The maximum absolute atomic E-state index is 13.5. The molecule has 6 heteroatoms. The maximum atomic E-state index is 13.5.